The van der Waals surface area contributed by atoms with Gasteiger partial charge in [0, 0.05) is 12.3 Å². The van der Waals surface area contributed by atoms with E-state index in [1.54, 1.807) is 18.2 Å². The Hall–Kier alpha value is -2.95. The molecule has 2 aromatic heterocycles. The number of rotatable bonds is 5. The maximum Gasteiger partial charge on any atom is 0.269 e. The van der Waals surface area contributed by atoms with Crippen LogP contribution in [0.15, 0.2) is 80.9 Å². The van der Waals surface area contributed by atoms with E-state index in [-0.39, 0.29) is 28.3 Å². The van der Waals surface area contributed by atoms with Crippen LogP contribution >= 0.6 is 23.1 Å². The summed E-state index contributed by atoms with van der Waals surface area (Å²) in [5.41, 5.74) is 0.678. The molecule has 10 heteroatoms. The number of thiophene rings is 1. The van der Waals surface area contributed by atoms with Crippen LogP contribution in [0.4, 0.5) is 0 Å². The summed E-state index contributed by atoms with van der Waals surface area (Å²) < 4.78 is 27.9. The fourth-order valence-electron chi connectivity index (χ4n) is 3.47. The van der Waals surface area contributed by atoms with Gasteiger partial charge < -0.3 is 0 Å². The van der Waals surface area contributed by atoms with E-state index in [0.717, 1.165) is 4.31 Å². The van der Waals surface area contributed by atoms with Crippen molar-refractivity contribution < 1.29 is 13.2 Å². The normalized spacial score (nSPS) is 14.8. The molecule has 0 fully saturated rings. The Kier molecular flexibility index (Phi) is 4.92. The summed E-state index contributed by atoms with van der Waals surface area (Å²) in [6.07, 6.45) is 0. The summed E-state index contributed by atoms with van der Waals surface area (Å²) in [6.45, 7) is -0.0202. The van der Waals surface area contributed by atoms with Gasteiger partial charge in [-0.2, -0.15) is 0 Å². The summed E-state index contributed by atoms with van der Waals surface area (Å²) in [5.74, 6) is -0.270. The molecule has 0 saturated carbocycles. The molecule has 0 atom stereocenters. The molecular formula is C21H15N3O4S3. The lowest BCUT2D eigenvalue weighted by molar-refractivity contribution is 0.0876. The smallest absolute Gasteiger partial charge is 0.268 e. The van der Waals surface area contributed by atoms with Crippen molar-refractivity contribution in [2.24, 2.45) is 0 Å². The van der Waals surface area contributed by atoms with Gasteiger partial charge in [0.1, 0.15) is 9.73 Å². The van der Waals surface area contributed by atoms with Crippen molar-refractivity contribution in [3.63, 3.8) is 0 Å². The van der Waals surface area contributed by atoms with E-state index in [0.29, 0.717) is 21.1 Å². The van der Waals surface area contributed by atoms with Gasteiger partial charge in [0.2, 0.25) is 0 Å². The van der Waals surface area contributed by atoms with Gasteiger partial charge >= 0.3 is 0 Å². The van der Waals surface area contributed by atoms with Gasteiger partial charge in [-0.15, -0.1) is 11.3 Å². The predicted octanol–water partition coefficient (Wildman–Crippen LogP) is 3.38. The lowest BCUT2D eigenvalue weighted by Crippen LogP contribution is -2.32. The molecular weight excluding hydrogens is 454 g/mol. The van der Waals surface area contributed by atoms with Crippen molar-refractivity contribution in [3.05, 3.63) is 82.0 Å². The van der Waals surface area contributed by atoms with Crippen LogP contribution in [0.25, 0.3) is 15.9 Å². The molecule has 0 radical (unpaired) electrons. The van der Waals surface area contributed by atoms with Crippen LogP contribution in [-0.2, 0) is 10.0 Å². The largest absolute Gasteiger partial charge is 0.269 e. The highest BCUT2D eigenvalue weighted by molar-refractivity contribution is 7.99. The van der Waals surface area contributed by atoms with Crippen molar-refractivity contribution in [3.8, 4) is 5.69 Å². The van der Waals surface area contributed by atoms with E-state index in [4.69, 9.17) is 0 Å². The van der Waals surface area contributed by atoms with Crippen molar-refractivity contribution in [1.29, 1.82) is 0 Å². The standard InChI is InChI=1S/C21H15N3O4S3/c25-19-15-8-4-5-9-17(15)31(27,28)23(19)11-13-30-21-22-18-16(10-12-29-18)20(26)24(21)14-6-2-1-3-7-14/h1-10,12H,11,13H2. The SMILES string of the molecule is O=C1c2ccccc2S(=O)(=O)N1CCSc1nc2sccc2c(=O)n1-c1ccccc1. The molecule has 0 unspecified atom stereocenters. The zero-order valence-electron chi connectivity index (χ0n) is 16.0. The first-order valence-electron chi connectivity index (χ1n) is 9.33. The molecule has 5 rings (SSSR count). The highest BCUT2D eigenvalue weighted by atomic mass is 32.2. The molecule has 7 nitrogen and oxygen atoms in total. The van der Waals surface area contributed by atoms with E-state index in [1.807, 2.05) is 35.7 Å². The highest BCUT2D eigenvalue weighted by Gasteiger charge is 2.40. The minimum atomic E-state index is -3.86. The van der Waals surface area contributed by atoms with E-state index in [1.165, 1.54) is 39.8 Å². The van der Waals surface area contributed by atoms with E-state index in [2.05, 4.69) is 4.98 Å². The van der Waals surface area contributed by atoms with E-state index >= 15 is 0 Å². The first kappa shape index (κ1) is 20.0. The Labute approximate surface area is 186 Å². The van der Waals surface area contributed by atoms with Crippen molar-refractivity contribution in [2.45, 2.75) is 10.1 Å². The van der Waals surface area contributed by atoms with E-state index < -0.39 is 15.9 Å². The third-order valence-corrected chi connectivity index (χ3v) is 8.48. The van der Waals surface area contributed by atoms with Gasteiger partial charge in [0.25, 0.3) is 21.5 Å². The summed E-state index contributed by atoms with van der Waals surface area (Å²) in [4.78, 5) is 31.0. The number of nitrogens with zero attached hydrogens (tertiary/aromatic N) is 3. The van der Waals surface area contributed by atoms with Crippen LogP contribution in [0.2, 0.25) is 0 Å². The van der Waals surface area contributed by atoms with Crippen LogP contribution in [0.1, 0.15) is 10.4 Å². The second kappa shape index (κ2) is 7.63. The topological polar surface area (TPSA) is 89.3 Å². The molecule has 1 aliphatic heterocycles. The van der Waals surface area contributed by atoms with Gasteiger partial charge in [0.15, 0.2) is 5.16 Å². The van der Waals surface area contributed by atoms with Crippen molar-refractivity contribution >= 4 is 49.2 Å². The quantitative estimate of drug-likeness (QED) is 0.329. The van der Waals surface area contributed by atoms with Gasteiger partial charge in [-0.1, -0.05) is 42.1 Å². The van der Waals surface area contributed by atoms with Gasteiger partial charge in [-0.3, -0.25) is 14.2 Å². The second-order valence-electron chi connectivity index (χ2n) is 6.74. The van der Waals surface area contributed by atoms with Gasteiger partial charge in [0.05, 0.1) is 16.6 Å². The maximum absolute atomic E-state index is 13.1. The number of hydrogen-bond acceptors (Lipinski definition) is 7. The average Bonchev–Trinajstić information content (AvgIpc) is 3.32. The Morgan fingerprint density at radius 2 is 1.71 bits per heavy atom. The van der Waals surface area contributed by atoms with Crippen LogP contribution in [0.5, 0.6) is 0 Å². The minimum absolute atomic E-state index is 0.0202. The molecule has 31 heavy (non-hydrogen) atoms. The maximum atomic E-state index is 13.1. The third kappa shape index (κ3) is 3.27. The first-order valence-corrected chi connectivity index (χ1v) is 12.6. The van der Waals surface area contributed by atoms with Crippen LogP contribution in [0.3, 0.4) is 0 Å². The predicted molar refractivity (Wildman–Crippen MR) is 121 cm³/mol. The number of fused-ring (bicyclic) bond motifs is 2. The van der Waals surface area contributed by atoms with Crippen LogP contribution in [-0.4, -0.2) is 40.5 Å². The third-order valence-electron chi connectivity index (χ3n) is 4.92. The number of sulfonamides is 1. The monoisotopic (exact) mass is 469 g/mol. The number of carbonyl (C=O) groups excluding carboxylic acids is 1. The zero-order valence-corrected chi connectivity index (χ0v) is 18.4. The fraction of sp³-hybridized carbons (Fsp3) is 0.0952. The number of aromatic nitrogens is 2. The number of benzene rings is 2. The Morgan fingerprint density at radius 1 is 0.968 bits per heavy atom. The first-order chi connectivity index (χ1) is 15.0. The lowest BCUT2D eigenvalue weighted by Gasteiger charge is -2.16. The van der Waals surface area contributed by atoms with Gasteiger partial charge in [-0.25, -0.2) is 17.7 Å². The molecule has 0 saturated heterocycles. The fourth-order valence-corrected chi connectivity index (χ4v) is 6.90. The Bertz CT molecular complexity index is 1480. The summed E-state index contributed by atoms with van der Waals surface area (Å²) in [7, 11) is -3.86. The Balaban J connectivity index is 1.46. The molecule has 2 aromatic carbocycles. The summed E-state index contributed by atoms with van der Waals surface area (Å²) >= 11 is 2.61. The molecule has 1 amide bonds. The molecule has 1 aliphatic rings. The Morgan fingerprint density at radius 3 is 2.48 bits per heavy atom. The lowest BCUT2D eigenvalue weighted by atomic mass is 10.2. The number of para-hydroxylation sites is 1. The number of carbonyl (C=O) groups is 1. The van der Waals surface area contributed by atoms with E-state index in [9.17, 15) is 18.0 Å². The van der Waals surface area contributed by atoms with Crippen molar-refractivity contribution in [2.75, 3.05) is 12.3 Å². The van der Waals surface area contributed by atoms with Gasteiger partial charge in [-0.05, 0) is 35.7 Å². The van der Waals surface area contributed by atoms with Crippen molar-refractivity contribution in [1.82, 2.24) is 13.9 Å². The molecule has 156 valence electrons. The highest BCUT2D eigenvalue weighted by Crippen LogP contribution is 2.31. The summed E-state index contributed by atoms with van der Waals surface area (Å²) in [6, 6.07) is 17.1. The summed E-state index contributed by atoms with van der Waals surface area (Å²) in [5, 5.41) is 2.80. The van der Waals surface area contributed by atoms with Crippen LogP contribution in [0, 0.1) is 0 Å². The van der Waals surface area contributed by atoms with Crippen LogP contribution < -0.4 is 5.56 Å². The minimum Gasteiger partial charge on any atom is -0.268 e. The second-order valence-corrected chi connectivity index (χ2v) is 10.5. The molecule has 0 spiro atoms. The number of hydrogen-bond donors (Lipinski definition) is 0. The zero-order chi connectivity index (χ0) is 21.6. The molecule has 0 aliphatic carbocycles. The molecule has 0 bridgehead atoms. The molecule has 0 N–H and O–H groups in total. The number of amides is 1. The molecule has 4 aromatic rings. The average molecular weight is 470 g/mol. The number of thioether (sulfide) groups is 1. The molecule has 3 heterocycles.